The third-order valence-corrected chi connectivity index (χ3v) is 9.29. The van der Waals surface area contributed by atoms with Crippen LogP contribution in [0.3, 0.4) is 0 Å². The van der Waals surface area contributed by atoms with Crippen LogP contribution >= 0.6 is 22.9 Å². The van der Waals surface area contributed by atoms with E-state index < -0.39 is 20.7 Å². The van der Waals surface area contributed by atoms with Gasteiger partial charge in [0.05, 0.1) is 10.7 Å². The lowest BCUT2D eigenvalue weighted by Gasteiger charge is -2.50. The van der Waals surface area contributed by atoms with Gasteiger partial charge in [-0.1, -0.05) is 38.3 Å². The molecule has 4 rings (SSSR count). The second kappa shape index (κ2) is 10.6. The van der Waals surface area contributed by atoms with Crippen LogP contribution in [0.4, 0.5) is 15.2 Å². The highest BCUT2D eigenvalue weighted by molar-refractivity contribution is 7.93. The summed E-state index contributed by atoms with van der Waals surface area (Å²) in [6.45, 7) is 5.25. The Bertz CT molecular complexity index is 1160. The van der Waals surface area contributed by atoms with Gasteiger partial charge in [0, 0.05) is 48.7 Å². The zero-order valence-corrected chi connectivity index (χ0v) is 22.4. The molecule has 1 saturated heterocycles. The van der Waals surface area contributed by atoms with Crippen LogP contribution < -0.4 is 10.0 Å². The summed E-state index contributed by atoms with van der Waals surface area (Å²) in [5.74, 6) is -0.718. The van der Waals surface area contributed by atoms with Crippen LogP contribution in [0.5, 0.6) is 0 Å². The van der Waals surface area contributed by atoms with Crippen LogP contribution in [0.2, 0.25) is 5.02 Å². The number of rotatable bonds is 8. The van der Waals surface area contributed by atoms with Crippen LogP contribution in [0, 0.1) is 11.7 Å². The summed E-state index contributed by atoms with van der Waals surface area (Å²) in [7, 11) is -2.09. The average Bonchev–Trinajstić information content (AvgIpc) is 3.27. The topological polar surface area (TPSA) is 94.6 Å². The minimum atomic E-state index is -4.17. The van der Waals surface area contributed by atoms with E-state index in [0.717, 1.165) is 49.2 Å². The van der Waals surface area contributed by atoms with Crippen LogP contribution in [0.25, 0.3) is 0 Å². The van der Waals surface area contributed by atoms with Crippen molar-refractivity contribution in [1.82, 2.24) is 14.8 Å². The fraction of sp³-hybridized carbons (Fsp3) is 0.565. The van der Waals surface area contributed by atoms with Crippen molar-refractivity contribution < 1.29 is 17.6 Å². The third kappa shape index (κ3) is 5.73. The molecule has 2 aliphatic rings. The number of aromatic nitrogens is 1. The number of thiazole rings is 1. The second-order valence-corrected chi connectivity index (χ2v) is 12.5. The molecule has 1 amide bonds. The molecule has 0 unspecified atom stereocenters. The molecule has 2 heterocycles. The molecule has 1 saturated carbocycles. The van der Waals surface area contributed by atoms with Crippen LogP contribution in [-0.2, 0) is 14.8 Å². The molecule has 1 aromatic heterocycles. The van der Waals surface area contributed by atoms with E-state index in [1.54, 1.807) is 5.38 Å². The lowest BCUT2D eigenvalue weighted by atomic mass is 9.87. The summed E-state index contributed by atoms with van der Waals surface area (Å²) < 4.78 is 42.5. The molecule has 2 N–H and O–H groups in total. The van der Waals surface area contributed by atoms with Crippen LogP contribution in [0.1, 0.15) is 39.5 Å². The summed E-state index contributed by atoms with van der Waals surface area (Å²) in [5, 5.41) is 5.29. The number of nitrogens with one attached hydrogen (secondary N) is 2. The van der Waals surface area contributed by atoms with Gasteiger partial charge < -0.3 is 10.2 Å². The first kappa shape index (κ1) is 26.1. The lowest BCUT2D eigenvalue weighted by molar-refractivity contribution is -0.142. The highest BCUT2D eigenvalue weighted by Gasteiger charge is 2.39. The maximum Gasteiger partial charge on any atom is 0.266 e. The van der Waals surface area contributed by atoms with E-state index >= 15 is 0 Å². The minimum absolute atomic E-state index is 0.00838. The molecule has 12 heteroatoms. The van der Waals surface area contributed by atoms with Gasteiger partial charge in [0.1, 0.15) is 10.7 Å². The van der Waals surface area contributed by atoms with Crippen LogP contribution in [0.15, 0.2) is 28.6 Å². The molecular weight excluding hydrogens is 513 g/mol. The Morgan fingerprint density at radius 3 is 2.66 bits per heavy atom. The standard InChI is InChI=1S/C23H31ClFN5O3S2/c1-14(2)22(31)30-12-15(13-30)29(3)20-7-5-4-6-18(20)27-19-11-17(25)21(10-16(19)24)35(32,33)28-23-26-8-9-34-23/h8-11,14-15,18,20,27H,4-7,12-13H2,1-3H3,(H,26,28)/t18-,20-/m0/s1. The number of anilines is 2. The predicted octanol–water partition coefficient (Wildman–Crippen LogP) is 4.26. The monoisotopic (exact) mass is 543 g/mol. The summed E-state index contributed by atoms with van der Waals surface area (Å²) in [5.41, 5.74) is 0.368. The van der Waals surface area contributed by atoms with Gasteiger partial charge in [-0.3, -0.25) is 14.4 Å². The van der Waals surface area contributed by atoms with E-state index in [-0.39, 0.29) is 40.1 Å². The molecule has 2 atom stereocenters. The molecule has 1 aliphatic heterocycles. The molecule has 192 valence electrons. The number of halogens is 2. The number of sulfonamides is 1. The van der Waals surface area contributed by atoms with E-state index in [1.165, 1.54) is 6.20 Å². The molecule has 2 aromatic rings. The SMILES string of the molecule is CC(C)C(=O)N1CC(N(C)[C@H]2CCCC[C@@H]2Nc2cc(F)c(S(=O)(=O)Nc3nccs3)cc2Cl)C1. The molecule has 1 aromatic carbocycles. The van der Waals surface area contributed by atoms with Crippen molar-refractivity contribution in [2.45, 2.75) is 62.6 Å². The molecule has 0 radical (unpaired) electrons. The number of benzene rings is 1. The van der Waals surface area contributed by atoms with Crippen molar-refractivity contribution in [3.8, 4) is 0 Å². The van der Waals surface area contributed by atoms with Gasteiger partial charge in [0.15, 0.2) is 5.13 Å². The normalized spacial score (nSPS) is 21.3. The largest absolute Gasteiger partial charge is 0.379 e. The zero-order valence-electron chi connectivity index (χ0n) is 20.0. The summed E-state index contributed by atoms with van der Waals surface area (Å²) in [4.78, 5) is 19.8. The Labute approximate surface area is 214 Å². The number of hydrogen-bond acceptors (Lipinski definition) is 7. The number of carbonyl (C=O) groups excluding carboxylic acids is 1. The molecular formula is C23H31ClFN5O3S2. The molecule has 8 nitrogen and oxygen atoms in total. The number of hydrogen-bond donors (Lipinski definition) is 2. The number of likely N-dealkylation sites (N-methyl/N-ethyl adjacent to an activating group) is 1. The van der Waals surface area contributed by atoms with Crippen molar-refractivity contribution in [3.63, 3.8) is 0 Å². The van der Waals surface area contributed by atoms with Gasteiger partial charge in [-0.15, -0.1) is 11.3 Å². The smallest absolute Gasteiger partial charge is 0.266 e. The lowest BCUT2D eigenvalue weighted by Crippen LogP contribution is -2.64. The predicted molar refractivity (Wildman–Crippen MR) is 137 cm³/mol. The number of nitrogens with zero attached hydrogens (tertiary/aromatic N) is 3. The maximum atomic E-state index is 15.0. The molecule has 35 heavy (non-hydrogen) atoms. The van der Waals surface area contributed by atoms with Crippen molar-refractivity contribution in [3.05, 3.63) is 34.5 Å². The van der Waals surface area contributed by atoms with Gasteiger partial charge in [0.25, 0.3) is 10.0 Å². The molecule has 0 spiro atoms. The van der Waals surface area contributed by atoms with Crippen molar-refractivity contribution >= 4 is 49.7 Å². The third-order valence-electron chi connectivity index (χ3n) is 6.80. The van der Waals surface area contributed by atoms with Gasteiger partial charge in [-0.05, 0) is 32.0 Å². The summed E-state index contributed by atoms with van der Waals surface area (Å²) in [6, 6.07) is 2.78. The van der Waals surface area contributed by atoms with E-state index in [4.69, 9.17) is 11.6 Å². The van der Waals surface area contributed by atoms with Crippen molar-refractivity contribution in [2.24, 2.45) is 5.92 Å². The maximum absolute atomic E-state index is 15.0. The molecule has 2 fully saturated rings. The van der Waals surface area contributed by atoms with E-state index in [2.05, 4.69) is 27.0 Å². The second-order valence-electron chi connectivity index (χ2n) is 9.53. The minimum Gasteiger partial charge on any atom is -0.379 e. The molecule has 0 bridgehead atoms. The Morgan fingerprint density at radius 2 is 2.00 bits per heavy atom. The van der Waals surface area contributed by atoms with Gasteiger partial charge in [-0.25, -0.2) is 17.8 Å². The Balaban J connectivity index is 1.46. The van der Waals surface area contributed by atoms with E-state index in [9.17, 15) is 17.6 Å². The first-order valence-corrected chi connectivity index (χ1v) is 14.5. The van der Waals surface area contributed by atoms with E-state index in [1.807, 2.05) is 18.7 Å². The first-order chi connectivity index (χ1) is 16.6. The Morgan fingerprint density at radius 1 is 1.29 bits per heavy atom. The average molecular weight is 544 g/mol. The van der Waals surface area contributed by atoms with Gasteiger partial charge in [-0.2, -0.15) is 0 Å². The number of likely N-dealkylation sites (tertiary alicyclic amines) is 1. The van der Waals surface area contributed by atoms with Gasteiger partial charge >= 0.3 is 0 Å². The summed E-state index contributed by atoms with van der Waals surface area (Å²) >= 11 is 7.53. The van der Waals surface area contributed by atoms with Crippen molar-refractivity contribution in [2.75, 3.05) is 30.2 Å². The quantitative estimate of drug-likeness (QED) is 0.516. The van der Waals surface area contributed by atoms with Crippen LogP contribution in [-0.4, -0.2) is 67.4 Å². The van der Waals surface area contributed by atoms with E-state index in [0.29, 0.717) is 18.8 Å². The summed E-state index contributed by atoms with van der Waals surface area (Å²) in [6.07, 6.45) is 5.46. The fourth-order valence-corrected chi connectivity index (χ4v) is 6.94. The highest BCUT2D eigenvalue weighted by Crippen LogP contribution is 2.34. The van der Waals surface area contributed by atoms with Crippen molar-refractivity contribution in [1.29, 1.82) is 0 Å². The Hall–Kier alpha value is -1.95. The number of amides is 1. The molecule has 1 aliphatic carbocycles. The van der Waals surface area contributed by atoms with Gasteiger partial charge in [0.2, 0.25) is 5.91 Å². The zero-order chi connectivity index (χ0) is 25.3. The first-order valence-electron chi connectivity index (χ1n) is 11.8. The highest BCUT2D eigenvalue weighted by atomic mass is 35.5. The number of carbonyl (C=O) groups is 1. The fourth-order valence-electron chi connectivity index (χ4n) is 4.78. The Kier molecular flexibility index (Phi) is 7.89.